The standard InChI is InChI=1S/C17H18N2O2/c20-17(15-5-2-1-3-6-15)21-13-14-7-9-16(10-8-14)19-12-4-11-18-19/h1-2,4,7-12,15H,3,5-6,13H2. The summed E-state index contributed by atoms with van der Waals surface area (Å²) in [6, 6.07) is 9.75. The molecule has 3 rings (SSSR count). The predicted octanol–water partition coefficient (Wildman–Crippen LogP) is 3.27. The van der Waals surface area contributed by atoms with Crippen molar-refractivity contribution in [2.45, 2.75) is 25.9 Å². The van der Waals surface area contributed by atoms with Gasteiger partial charge in [0.05, 0.1) is 11.6 Å². The van der Waals surface area contributed by atoms with Crippen molar-refractivity contribution in [3.05, 3.63) is 60.4 Å². The quantitative estimate of drug-likeness (QED) is 0.638. The first-order valence-electron chi connectivity index (χ1n) is 7.23. The molecule has 1 heterocycles. The number of allylic oxidation sites excluding steroid dienone is 2. The normalized spacial score (nSPS) is 17.6. The molecule has 0 saturated carbocycles. The lowest BCUT2D eigenvalue weighted by atomic mass is 9.95. The van der Waals surface area contributed by atoms with E-state index in [0.29, 0.717) is 6.61 Å². The van der Waals surface area contributed by atoms with Crippen LogP contribution in [-0.2, 0) is 16.1 Å². The molecular weight excluding hydrogens is 264 g/mol. The van der Waals surface area contributed by atoms with E-state index in [9.17, 15) is 4.79 Å². The molecular formula is C17H18N2O2. The minimum absolute atomic E-state index is 0.0262. The van der Waals surface area contributed by atoms with E-state index in [1.165, 1.54) is 0 Å². The van der Waals surface area contributed by atoms with Gasteiger partial charge in [0.2, 0.25) is 0 Å². The Kier molecular flexibility index (Phi) is 4.15. The van der Waals surface area contributed by atoms with Crippen molar-refractivity contribution in [3.63, 3.8) is 0 Å². The Hall–Kier alpha value is -2.36. The fraction of sp³-hybridized carbons (Fsp3) is 0.294. The van der Waals surface area contributed by atoms with E-state index < -0.39 is 0 Å². The molecule has 108 valence electrons. The number of carbonyl (C=O) groups is 1. The van der Waals surface area contributed by atoms with Gasteiger partial charge < -0.3 is 4.74 Å². The molecule has 1 atom stereocenters. The van der Waals surface area contributed by atoms with E-state index in [4.69, 9.17) is 4.74 Å². The van der Waals surface area contributed by atoms with Gasteiger partial charge in [0.15, 0.2) is 0 Å². The molecule has 0 bridgehead atoms. The van der Waals surface area contributed by atoms with Crippen LogP contribution in [0.25, 0.3) is 5.69 Å². The van der Waals surface area contributed by atoms with Gasteiger partial charge in [-0.2, -0.15) is 5.10 Å². The van der Waals surface area contributed by atoms with Gasteiger partial charge in [-0.15, -0.1) is 0 Å². The van der Waals surface area contributed by atoms with Crippen molar-refractivity contribution < 1.29 is 9.53 Å². The summed E-state index contributed by atoms with van der Waals surface area (Å²) < 4.78 is 7.20. The monoisotopic (exact) mass is 282 g/mol. The van der Waals surface area contributed by atoms with Crippen LogP contribution in [0.5, 0.6) is 0 Å². The second-order valence-corrected chi connectivity index (χ2v) is 5.21. The Labute approximate surface area is 124 Å². The maximum atomic E-state index is 12.0. The highest BCUT2D eigenvalue weighted by Gasteiger charge is 2.19. The Morgan fingerprint density at radius 2 is 2.14 bits per heavy atom. The van der Waals surface area contributed by atoms with E-state index >= 15 is 0 Å². The highest BCUT2D eigenvalue weighted by Crippen LogP contribution is 2.20. The van der Waals surface area contributed by atoms with Crippen molar-refractivity contribution in [2.75, 3.05) is 0 Å². The van der Waals surface area contributed by atoms with Crippen LogP contribution in [0.4, 0.5) is 0 Å². The van der Waals surface area contributed by atoms with Crippen LogP contribution < -0.4 is 0 Å². The van der Waals surface area contributed by atoms with Crippen molar-refractivity contribution in [3.8, 4) is 5.69 Å². The van der Waals surface area contributed by atoms with Gasteiger partial charge in [-0.25, -0.2) is 4.68 Å². The molecule has 1 aliphatic carbocycles. The molecule has 0 radical (unpaired) electrons. The molecule has 4 heteroatoms. The molecule has 0 spiro atoms. The van der Waals surface area contributed by atoms with Crippen LogP contribution in [-0.4, -0.2) is 15.7 Å². The number of hydrogen-bond acceptors (Lipinski definition) is 3. The number of nitrogens with zero attached hydrogens (tertiary/aromatic N) is 2. The molecule has 0 fully saturated rings. The smallest absolute Gasteiger partial charge is 0.309 e. The molecule has 0 N–H and O–H groups in total. The summed E-state index contributed by atoms with van der Waals surface area (Å²) in [5.74, 6) is -0.0612. The van der Waals surface area contributed by atoms with Crippen molar-refractivity contribution in [1.82, 2.24) is 9.78 Å². The first-order chi connectivity index (χ1) is 10.3. The molecule has 0 saturated heterocycles. The summed E-state index contributed by atoms with van der Waals surface area (Å²) in [7, 11) is 0. The van der Waals surface area contributed by atoms with Crippen molar-refractivity contribution in [1.29, 1.82) is 0 Å². The lowest BCUT2D eigenvalue weighted by Gasteiger charge is -2.16. The third-order valence-corrected chi connectivity index (χ3v) is 3.69. The Balaban J connectivity index is 1.56. The number of rotatable bonds is 4. The highest BCUT2D eigenvalue weighted by atomic mass is 16.5. The van der Waals surface area contributed by atoms with Crippen molar-refractivity contribution >= 4 is 5.97 Å². The zero-order valence-corrected chi connectivity index (χ0v) is 11.8. The summed E-state index contributed by atoms with van der Waals surface area (Å²) in [4.78, 5) is 12.0. The Morgan fingerprint density at radius 3 is 2.81 bits per heavy atom. The molecule has 0 amide bonds. The second-order valence-electron chi connectivity index (χ2n) is 5.21. The molecule has 1 aromatic carbocycles. The fourth-order valence-corrected chi connectivity index (χ4v) is 2.45. The van der Waals surface area contributed by atoms with Crippen LogP contribution in [0, 0.1) is 5.92 Å². The summed E-state index contributed by atoms with van der Waals surface area (Å²) in [6.45, 7) is 0.332. The topological polar surface area (TPSA) is 44.1 Å². The van der Waals surface area contributed by atoms with Gasteiger partial charge in [0.25, 0.3) is 0 Å². The van der Waals surface area contributed by atoms with Gasteiger partial charge >= 0.3 is 5.97 Å². The Bertz CT molecular complexity index is 615. The summed E-state index contributed by atoms with van der Waals surface area (Å²) in [6.07, 6.45) is 10.5. The third kappa shape index (κ3) is 3.40. The summed E-state index contributed by atoms with van der Waals surface area (Å²) in [5, 5.41) is 4.18. The van der Waals surface area contributed by atoms with Crippen LogP contribution in [0.3, 0.4) is 0 Å². The van der Waals surface area contributed by atoms with E-state index in [2.05, 4.69) is 17.3 Å². The number of esters is 1. The van der Waals surface area contributed by atoms with E-state index in [1.54, 1.807) is 10.9 Å². The largest absolute Gasteiger partial charge is 0.461 e. The van der Waals surface area contributed by atoms with Gasteiger partial charge in [-0.05, 0) is 43.0 Å². The molecule has 4 nitrogen and oxygen atoms in total. The van der Waals surface area contributed by atoms with Crippen LogP contribution in [0.2, 0.25) is 0 Å². The zero-order chi connectivity index (χ0) is 14.5. The minimum atomic E-state index is -0.0875. The number of benzene rings is 1. The lowest BCUT2D eigenvalue weighted by molar-refractivity contribution is -0.150. The predicted molar refractivity (Wildman–Crippen MR) is 79.8 cm³/mol. The number of aromatic nitrogens is 2. The number of hydrogen-bond donors (Lipinski definition) is 0. The first kappa shape index (κ1) is 13.6. The van der Waals surface area contributed by atoms with Crippen LogP contribution in [0.1, 0.15) is 24.8 Å². The Morgan fingerprint density at radius 1 is 1.29 bits per heavy atom. The summed E-state index contributed by atoms with van der Waals surface area (Å²) in [5.41, 5.74) is 1.98. The minimum Gasteiger partial charge on any atom is -0.461 e. The first-order valence-corrected chi connectivity index (χ1v) is 7.23. The fourth-order valence-electron chi connectivity index (χ4n) is 2.45. The lowest BCUT2D eigenvalue weighted by Crippen LogP contribution is -2.18. The van der Waals surface area contributed by atoms with Gasteiger partial charge in [-0.3, -0.25) is 4.79 Å². The third-order valence-electron chi connectivity index (χ3n) is 3.69. The molecule has 1 aromatic heterocycles. The molecule has 2 aromatic rings. The second kappa shape index (κ2) is 6.39. The van der Waals surface area contributed by atoms with Gasteiger partial charge in [-0.1, -0.05) is 24.3 Å². The molecule has 1 unspecified atom stereocenters. The number of ether oxygens (including phenoxy) is 1. The van der Waals surface area contributed by atoms with Gasteiger partial charge in [0.1, 0.15) is 6.61 Å². The maximum absolute atomic E-state index is 12.0. The molecule has 21 heavy (non-hydrogen) atoms. The van der Waals surface area contributed by atoms with E-state index in [0.717, 1.165) is 30.5 Å². The van der Waals surface area contributed by atoms with Crippen LogP contribution in [0.15, 0.2) is 54.9 Å². The van der Waals surface area contributed by atoms with E-state index in [1.807, 2.05) is 36.5 Å². The van der Waals surface area contributed by atoms with Gasteiger partial charge in [0, 0.05) is 12.4 Å². The van der Waals surface area contributed by atoms with Crippen molar-refractivity contribution in [2.24, 2.45) is 5.92 Å². The number of carbonyl (C=O) groups excluding carboxylic acids is 1. The zero-order valence-electron chi connectivity index (χ0n) is 11.8. The van der Waals surface area contributed by atoms with E-state index in [-0.39, 0.29) is 11.9 Å². The average Bonchev–Trinajstić information content (AvgIpc) is 3.08. The highest BCUT2D eigenvalue weighted by molar-refractivity contribution is 5.72. The summed E-state index contributed by atoms with van der Waals surface area (Å²) >= 11 is 0. The average molecular weight is 282 g/mol. The SMILES string of the molecule is O=C(OCc1ccc(-n2cccn2)cc1)C1CC=CCC1. The van der Waals surface area contributed by atoms with Crippen LogP contribution >= 0.6 is 0 Å². The molecule has 1 aliphatic rings. The molecule has 0 aliphatic heterocycles. The maximum Gasteiger partial charge on any atom is 0.309 e.